The standard InChI is InChI=1S/C15H12FNOS/c1-10(18)12-7-6-11(9-17)8-15(12)19-14-5-3-2-4-13(14)16/h2-8,10,18H,1H3. The summed E-state index contributed by atoms with van der Waals surface area (Å²) in [7, 11) is 0. The molecule has 0 aromatic heterocycles. The number of hydrogen-bond acceptors (Lipinski definition) is 3. The molecular weight excluding hydrogens is 261 g/mol. The summed E-state index contributed by atoms with van der Waals surface area (Å²) in [6.45, 7) is 1.65. The zero-order valence-electron chi connectivity index (χ0n) is 10.3. The second-order valence-electron chi connectivity index (χ2n) is 4.07. The van der Waals surface area contributed by atoms with Gasteiger partial charge in [-0.3, -0.25) is 0 Å². The van der Waals surface area contributed by atoms with E-state index >= 15 is 0 Å². The van der Waals surface area contributed by atoms with Crippen LogP contribution in [0.2, 0.25) is 0 Å². The highest BCUT2D eigenvalue weighted by atomic mass is 32.2. The van der Waals surface area contributed by atoms with E-state index in [1.54, 1.807) is 43.3 Å². The molecule has 4 heteroatoms. The molecule has 0 saturated carbocycles. The first-order valence-corrected chi connectivity index (χ1v) is 6.58. The number of rotatable bonds is 3. The summed E-state index contributed by atoms with van der Waals surface area (Å²) in [6.07, 6.45) is -0.665. The molecule has 2 rings (SSSR count). The van der Waals surface area contributed by atoms with Gasteiger partial charge in [0, 0.05) is 9.79 Å². The molecule has 1 atom stereocenters. The van der Waals surface area contributed by atoms with E-state index in [0.29, 0.717) is 20.9 Å². The molecule has 1 unspecified atom stereocenters. The minimum Gasteiger partial charge on any atom is -0.389 e. The van der Waals surface area contributed by atoms with Crippen LogP contribution in [0.1, 0.15) is 24.2 Å². The highest BCUT2D eigenvalue weighted by molar-refractivity contribution is 7.99. The van der Waals surface area contributed by atoms with Gasteiger partial charge in [-0.05, 0) is 36.8 Å². The van der Waals surface area contributed by atoms with Gasteiger partial charge in [0.05, 0.1) is 17.7 Å². The lowest BCUT2D eigenvalue weighted by atomic mass is 10.1. The molecule has 0 saturated heterocycles. The quantitative estimate of drug-likeness (QED) is 0.922. The van der Waals surface area contributed by atoms with Crippen molar-refractivity contribution in [3.8, 4) is 6.07 Å². The van der Waals surface area contributed by atoms with Gasteiger partial charge in [-0.1, -0.05) is 30.0 Å². The molecule has 2 aromatic rings. The summed E-state index contributed by atoms with van der Waals surface area (Å²) < 4.78 is 13.6. The first-order chi connectivity index (χ1) is 9.11. The number of benzene rings is 2. The van der Waals surface area contributed by atoms with Crippen molar-refractivity contribution in [1.82, 2.24) is 0 Å². The van der Waals surface area contributed by atoms with Crippen molar-refractivity contribution in [2.75, 3.05) is 0 Å². The molecule has 2 aromatic carbocycles. The van der Waals surface area contributed by atoms with Crippen molar-refractivity contribution in [1.29, 1.82) is 5.26 Å². The molecular formula is C15H12FNOS. The Kier molecular flexibility index (Phi) is 4.20. The van der Waals surface area contributed by atoms with Gasteiger partial charge >= 0.3 is 0 Å². The molecule has 2 nitrogen and oxygen atoms in total. The predicted octanol–water partition coefficient (Wildman–Crippen LogP) is 3.90. The Bertz CT molecular complexity index is 634. The fraction of sp³-hybridized carbons (Fsp3) is 0.133. The lowest BCUT2D eigenvalue weighted by molar-refractivity contribution is 0.196. The van der Waals surface area contributed by atoms with Crippen LogP contribution in [0.5, 0.6) is 0 Å². The summed E-state index contributed by atoms with van der Waals surface area (Å²) in [5.41, 5.74) is 1.18. The maximum atomic E-state index is 13.6. The van der Waals surface area contributed by atoms with E-state index in [-0.39, 0.29) is 5.82 Å². The zero-order chi connectivity index (χ0) is 13.8. The minimum atomic E-state index is -0.665. The highest BCUT2D eigenvalue weighted by Gasteiger charge is 2.12. The van der Waals surface area contributed by atoms with Gasteiger partial charge < -0.3 is 5.11 Å². The van der Waals surface area contributed by atoms with Gasteiger partial charge in [0.1, 0.15) is 5.82 Å². The second kappa shape index (κ2) is 5.87. The maximum absolute atomic E-state index is 13.6. The third-order valence-corrected chi connectivity index (χ3v) is 3.77. The van der Waals surface area contributed by atoms with E-state index in [4.69, 9.17) is 5.26 Å². The fourth-order valence-corrected chi connectivity index (χ4v) is 2.77. The van der Waals surface area contributed by atoms with E-state index in [0.717, 1.165) is 0 Å². The first-order valence-electron chi connectivity index (χ1n) is 5.76. The molecule has 19 heavy (non-hydrogen) atoms. The topological polar surface area (TPSA) is 44.0 Å². The molecule has 0 heterocycles. The van der Waals surface area contributed by atoms with Crippen LogP contribution in [0.25, 0.3) is 0 Å². The lowest BCUT2D eigenvalue weighted by Crippen LogP contribution is -1.95. The largest absolute Gasteiger partial charge is 0.389 e. The lowest BCUT2D eigenvalue weighted by Gasteiger charge is -2.12. The predicted molar refractivity (Wildman–Crippen MR) is 72.3 cm³/mol. The fourth-order valence-electron chi connectivity index (χ4n) is 1.68. The minimum absolute atomic E-state index is 0.314. The first kappa shape index (κ1) is 13.6. The monoisotopic (exact) mass is 273 g/mol. The Hall–Kier alpha value is -1.83. The van der Waals surface area contributed by atoms with Crippen LogP contribution in [0.15, 0.2) is 52.3 Å². The molecule has 0 amide bonds. The van der Waals surface area contributed by atoms with E-state index in [1.807, 2.05) is 6.07 Å². The molecule has 0 spiro atoms. The third kappa shape index (κ3) is 3.14. The summed E-state index contributed by atoms with van der Waals surface area (Å²) in [5.74, 6) is -0.314. The van der Waals surface area contributed by atoms with Crippen LogP contribution in [-0.4, -0.2) is 5.11 Å². The molecule has 0 aliphatic rings. The Morgan fingerprint density at radius 2 is 1.95 bits per heavy atom. The summed E-state index contributed by atoms with van der Waals surface area (Å²) in [5, 5.41) is 18.6. The van der Waals surface area contributed by atoms with Gasteiger partial charge in [0.15, 0.2) is 0 Å². The van der Waals surface area contributed by atoms with Gasteiger partial charge in [0.25, 0.3) is 0 Å². The van der Waals surface area contributed by atoms with E-state index in [2.05, 4.69) is 0 Å². The smallest absolute Gasteiger partial charge is 0.137 e. The summed E-state index contributed by atoms with van der Waals surface area (Å²) in [4.78, 5) is 1.17. The molecule has 0 radical (unpaired) electrons. The number of nitriles is 1. The summed E-state index contributed by atoms with van der Waals surface area (Å²) in [6, 6.07) is 13.5. The van der Waals surface area contributed by atoms with Crippen molar-refractivity contribution < 1.29 is 9.50 Å². The van der Waals surface area contributed by atoms with Gasteiger partial charge in [-0.2, -0.15) is 5.26 Å². The zero-order valence-corrected chi connectivity index (χ0v) is 11.1. The molecule has 0 fully saturated rings. The molecule has 1 N–H and O–H groups in total. The van der Waals surface area contributed by atoms with Crippen LogP contribution in [-0.2, 0) is 0 Å². The number of hydrogen-bond donors (Lipinski definition) is 1. The van der Waals surface area contributed by atoms with E-state index in [9.17, 15) is 9.50 Å². The van der Waals surface area contributed by atoms with Crippen molar-refractivity contribution >= 4 is 11.8 Å². The molecule has 96 valence electrons. The summed E-state index contributed by atoms with van der Waals surface area (Å²) >= 11 is 1.21. The second-order valence-corrected chi connectivity index (χ2v) is 5.16. The average molecular weight is 273 g/mol. The van der Waals surface area contributed by atoms with Gasteiger partial charge in [0.2, 0.25) is 0 Å². The number of aliphatic hydroxyl groups is 1. The Labute approximate surface area is 115 Å². The van der Waals surface area contributed by atoms with Gasteiger partial charge in [-0.15, -0.1) is 0 Å². The van der Waals surface area contributed by atoms with E-state index < -0.39 is 6.10 Å². The Balaban J connectivity index is 2.44. The Morgan fingerprint density at radius 3 is 2.58 bits per heavy atom. The Morgan fingerprint density at radius 1 is 1.21 bits per heavy atom. The van der Waals surface area contributed by atoms with Crippen molar-refractivity contribution in [3.05, 3.63) is 59.4 Å². The average Bonchev–Trinajstić information content (AvgIpc) is 2.41. The van der Waals surface area contributed by atoms with Crippen LogP contribution < -0.4 is 0 Å². The molecule has 0 bridgehead atoms. The maximum Gasteiger partial charge on any atom is 0.137 e. The number of halogens is 1. The highest BCUT2D eigenvalue weighted by Crippen LogP contribution is 2.35. The van der Waals surface area contributed by atoms with E-state index in [1.165, 1.54) is 17.8 Å². The molecule has 0 aliphatic carbocycles. The SMILES string of the molecule is CC(O)c1ccc(C#N)cc1Sc1ccccc1F. The number of nitrogens with zero attached hydrogens (tertiary/aromatic N) is 1. The van der Waals surface area contributed by atoms with Crippen molar-refractivity contribution in [2.45, 2.75) is 22.8 Å². The van der Waals surface area contributed by atoms with Crippen LogP contribution in [0.3, 0.4) is 0 Å². The van der Waals surface area contributed by atoms with Gasteiger partial charge in [-0.25, -0.2) is 4.39 Å². The van der Waals surface area contributed by atoms with Crippen LogP contribution in [0.4, 0.5) is 4.39 Å². The van der Waals surface area contributed by atoms with Crippen molar-refractivity contribution in [2.24, 2.45) is 0 Å². The van der Waals surface area contributed by atoms with Crippen LogP contribution >= 0.6 is 11.8 Å². The van der Waals surface area contributed by atoms with Crippen molar-refractivity contribution in [3.63, 3.8) is 0 Å². The normalized spacial score (nSPS) is 11.9. The molecule has 0 aliphatic heterocycles. The third-order valence-electron chi connectivity index (χ3n) is 2.65. The number of aliphatic hydroxyl groups excluding tert-OH is 1. The van der Waals surface area contributed by atoms with Crippen LogP contribution in [0, 0.1) is 17.1 Å².